The van der Waals surface area contributed by atoms with Crippen molar-refractivity contribution in [2.75, 3.05) is 16.9 Å². The Bertz CT molecular complexity index is 3400. The van der Waals surface area contributed by atoms with E-state index >= 15 is 4.79 Å². The maximum Gasteiger partial charge on any atom is 0.356 e. The molecule has 2 amide bonds. The van der Waals surface area contributed by atoms with Gasteiger partial charge in [-0.2, -0.15) is 0 Å². The van der Waals surface area contributed by atoms with E-state index < -0.39 is 69.3 Å². The van der Waals surface area contributed by atoms with E-state index in [0.29, 0.717) is 29.1 Å². The lowest BCUT2D eigenvalue weighted by Gasteiger charge is -2.49. The SMILES string of the molecule is O=C(NC1C(=O)N2C(C(=O)OC(c3ccccc3)c3ccccc3)=C(CCl)CS(=O)[C@H]12)C(=NOC1(C(=O)OC(c2ccccc2)c2ccccc2)CCCC1)c1csc(NC(c2ccccc2)(c2ccccc2)c2ccccc2)n1. The van der Waals surface area contributed by atoms with Crippen LogP contribution in [-0.4, -0.2) is 72.2 Å². The van der Waals surface area contributed by atoms with E-state index in [1.54, 1.807) is 5.38 Å². The van der Waals surface area contributed by atoms with Crippen molar-refractivity contribution in [3.63, 3.8) is 0 Å². The molecule has 3 heterocycles. The summed E-state index contributed by atoms with van der Waals surface area (Å²) < 4.78 is 26.9. The van der Waals surface area contributed by atoms with Crippen molar-refractivity contribution in [2.45, 2.75) is 60.4 Å². The second-order valence-corrected chi connectivity index (χ2v) is 22.3. The highest BCUT2D eigenvalue weighted by atomic mass is 35.5. The number of hydrogen-bond donors (Lipinski definition) is 2. The lowest BCUT2D eigenvalue weighted by molar-refractivity contribution is -0.176. The van der Waals surface area contributed by atoms with Gasteiger partial charge in [-0.3, -0.25) is 18.7 Å². The number of alkyl halides is 1. The summed E-state index contributed by atoms with van der Waals surface area (Å²) in [7, 11) is -1.84. The van der Waals surface area contributed by atoms with Crippen LogP contribution in [0.5, 0.6) is 0 Å². The van der Waals surface area contributed by atoms with Crippen LogP contribution in [0.2, 0.25) is 0 Å². The van der Waals surface area contributed by atoms with Gasteiger partial charge in [0.2, 0.25) is 5.60 Å². The number of nitrogens with zero attached hydrogens (tertiary/aromatic N) is 3. The van der Waals surface area contributed by atoms with Crippen molar-refractivity contribution in [3.05, 3.63) is 274 Å². The zero-order chi connectivity index (χ0) is 55.1. The molecule has 402 valence electrons. The van der Waals surface area contributed by atoms with Gasteiger partial charge in [0.25, 0.3) is 11.8 Å². The number of β-lactam (4-membered cyclic amide) rings is 1. The molecule has 13 nitrogen and oxygen atoms in total. The standard InChI is InChI=1S/C64H54ClN5O8S2/c65-40-47-42-80(75)59-53(58(72)70(59)54(47)60(73)76-55(43-24-8-1-9-25-43)44-26-10-2-11-27-44)67-57(71)52(69-78-63(38-22-23-39-63)61(74)77-56(45-28-12-3-13-29-45)46-30-14-4-15-31-46)51-41-79-62(66-51)68-64(48-32-16-5-17-33-48,49-34-18-6-19-35-49)50-36-20-7-21-37-50/h1-21,24-37,41,53,55-56,59H,22-23,38-40,42H2,(H,66,68)(H,67,71)/t53?,59-,80?/m1/s1. The van der Waals surface area contributed by atoms with Crippen molar-refractivity contribution in [2.24, 2.45) is 5.16 Å². The molecule has 80 heavy (non-hydrogen) atoms. The van der Waals surface area contributed by atoms with Gasteiger partial charge >= 0.3 is 11.9 Å². The fourth-order valence-corrected chi connectivity index (χ4v) is 13.5. The predicted octanol–water partition coefficient (Wildman–Crippen LogP) is 11.2. The van der Waals surface area contributed by atoms with Crippen LogP contribution in [0.15, 0.2) is 234 Å². The van der Waals surface area contributed by atoms with Crippen LogP contribution in [0.1, 0.15) is 82.5 Å². The maximum atomic E-state index is 15.2. The van der Waals surface area contributed by atoms with Crippen LogP contribution in [0.4, 0.5) is 5.13 Å². The van der Waals surface area contributed by atoms with Gasteiger partial charge < -0.3 is 24.9 Å². The molecule has 16 heteroatoms. The van der Waals surface area contributed by atoms with Crippen molar-refractivity contribution in [1.29, 1.82) is 0 Å². The lowest BCUT2D eigenvalue weighted by Crippen LogP contribution is -2.74. The highest BCUT2D eigenvalue weighted by Gasteiger charge is 2.58. The Morgan fingerprint density at radius 2 is 1.11 bits per heavy atom. The van der Waals surface area contributed by atoms with E-state index in [9.17, 15) is 18.6 Å². The van der Waals surface area contributed by atoms with Crippen LogP contribution in [0, 0.1) is 0 Å². The molecule has 3 atom stereocenters. The molecule has 2 aliphatic heterocycles. The fourth-order valence-electron chi connectivity index (χ4n) is 10.7. The number of carbonyl (C=O) groups is 4. The average molecular weight is 1120 g/mol. The molecule has 8 aromatic rings. The number of rotatable bonds is 19. The number of esters is 2. The first-order valence-corrected chi connectivity index (χ1v) is 29.0. The molecule has 1 aliphatic carbocycles. The number of fused-ring (bicyclic) bond motifs is 1. The summed E-state index contributed by atoms with van der Waals surface area (Å²) in [5.74, 6) is -3.50. The van der Waals surface area contributed by atoms with Gasteiger partial charge in [-0.15, -0.1) is 22.9 Å². The second kappa shape index (κ2) is 23.8. The maximum absolute atomic E-state index is 15.2. The first kappa shape index (κ1) is 53.5. The normalized spacial score (nSPS) is 17.8. The Balaban J connectivity index is 0.940. The number of halogens is 1. The number of oxime groups is 1. The fraction of sp³-hybridized carbons (Fsp3) is 0.188. The zero-order valence-corrected chi connectivity index (χ0v) is 45.5. The number of thiazole rings is 1. The van der Waals surface area contributed by atoms with Crippen molar-refractivity contribution in [1.82, 2.24) is 15.2 Å². The van der Waals surface area contributed by atoms with Crippen LogP contribution in [0.25, 0.3) is 0 Å². The van der Waals surface area contributed by atoms with Crippen LogP contribution in [0.3, 0.4) is 0 Å². The molecular formula is C64H54ClN5O8S2. The van der Waals surface area contributed by atoms with E-state index in [-0.39, 0.29) is 47.2 Å². The molecule has 1 aromatic heterocycles. The minimum absolute atomic E-state index is 0.0564. The Kier molecular flexibility index (Phi) is 15.9. The van der Waals surface area contributed by atoms with E-state index in [4.69, 9.17) is 30.9 Å². The van der Waals surface area contributed by atoms with Gasteiger partial charge in [0, 0.05) is 24.1 Å². The summed E-state index contributed by atoms with van der Waals surface area (Å²) in [6, 6.07) is 65.6. The molecule has 1 saturated carbocycles. The van der Waals surface area contributed by atoms with Crippen molar-refractivity contribution in [3.8, 4) is 0 Å². The van der Waals surface area contributed by atoms with Gasteiger partial charge in [0.1, 0.15) is 28.3 Å². The molecule has 2 fully saturated rings. The summed E-state index contributed by atoms with van der Waals surface area (Å²) in [6.45, 7) is 0. The third kappa shape index (κ3) is 10.7. The van der Waals surface area contributed by atoms with Gasteiger partial charge in [-0.25, -0.2) is 14.6 Å². The highest BCUT2D eigenvalue weighted by Crippen LogP contribution is 2.43. The summed E-state index contributed by atoms with van der Waals surface area (Å²) >= 11 is 7.66. The summed E-state index contributed by atoms with van der Waals surface area (Å²) in [6.07, 6.45) is 0.0463. The van der Waals surface area contributed by atoms with E-state index in [1.165, 1.54) is 11.3 Å². The monoisotopic (exact) mass is 1120 g/mol. The Labute approximate surface area is 474 Å². The third-order valence-corrected chi connectivity index (χ3v) is 17.4. The Hall–Kier alpha value is -8.50. The largest absolute Gasteiger partial charge is 0.450 e. The van der Waals surface area contributed by atoms with E-state index in [0.717, 1.165) is 32.7 Å². The number of anilines is 1. The number of benzene rings is 7. The van der Waals surface area contributed by atoms with E-state index in [1.807, 2.05) is 212 Å². The smallest absolute Gasteiger partial charge is 0.356 e. The number of nitrogens with one attached hydrogen (secondary N) is 2. The third-order valence-electron chi connectivity index (χ3n) is 14.7. The molecule has 3 aliphatic rings. The van der Waals surface area contributed by atoms with Crippen LogP contribution >= 0.6 is 22.9 Å². The number of ether oxygens (including phenoxy) is 2. The summed E-state index contributed by atoms with van der Waals surface area (Å²) in [4.78, 5) is 71.5. The Morgan fingerprint density at radius 3 is 1.56 bits per heavy atom. The number of carbonyl (C=O) groups excluding carboxylic acids is 4. The van der Waals surface area contributed by atoms with Crippen LogP contribution in [-0.2, 0) is 49.8 Å². The number of hydrogen-bond acceptors (Lipinski definition) is 12. The quantitative estimate of drug-likeness (QED) is 0.0199. The molecule has 2 unspecified atom stereocenters. The number of amides is 2. The molecule has 11 rings (SSSR count). The molecule has 7 aromatic carbocycles. The number of aromatic nitrogens is 1. The van der Waals surface area contributed by atoms with E-state index in [2.05, 4.69) is 15.8 Å². The minimum atomic E-state index is -1.84. The zero-order valence-electron chi connectivity index (χ0n) is 43.1. The molecule has 2 N–H and O–H groups in total. The first-order chi connectivity index (χ1) is 39.2. The Morgan fingerprint density at radius 1 is 0.675 bits per heavy atom. The molecule has 0 radical (unpaired) electrons. The highest BCUT2D eigenvalue weighted by molar-refractivity contribution is 7.86. The lowest BCUT2D eigenvalue weighted by atomic mass is 9.77. The van der Waals surface area contributed by atoms with Gasteiger partial charge in [0.05, 0.1) is 16.6 Å². The molecule has 0 spiro atoms. The van der Waals surface area contributed by atoms with Gasteiger partial charge in [-0.1, -0.05) is 217 Å². The molecular weight excluding hydrogens is 1070 g/mol. The summed E-state index contributed by atoms with van der Waals surface area (Å²) in [5.41, 5.74) is 2.83. The van der Waals surface area contributed by atoms with Crippen LogP contribution < -0.4 is 10.6 Å². The second-order valence-electron chi connectivity index (χ2n) is 19.6. The van der Waals surface area contributed by atoms with Crippen molar-refractivity contribution < 1.29 is 37.7 Å². The summed E-state index contributed by atoms with van der Waals surface area (Å²) in [5, 5.41) is 11.9. The minimum Gasteiger partial charge on any atom is -0.450 e. The van der Waals surface area contributed by atoms with Gasteiger partial charge in [-0.05, 0) is 57.4 Å². The molecule has 0 bridgehead atoms. The molecule has 1 saturated heterocycles. The average Bonchev–Trinajstić information content (AvgIpc) is 4.33. The van der Waals surface area contributed by atoms with Gasteiger partial charge in [0.15, 0.2) is 23.1 Å². The predicted molar refractivity (Wildman–Crippen MR) is 309 cm³/mol. The van der Waals surface area contributed by atoms with Crippen molar-refractivity contribution >= 4 is 68.3 Å². The first-order valence-electron chi connectivity index (χ1n) is 26.3. The topological polar surface area (TPSA) is 166 Å².